The van der Waals surface area contributed by atoms with Crippen molar-refractivity contribution < 1.29 is 9.59 Å². The van der Waals surface area contributed by atoms with Gasteiger partial charge in [0.25, 0.3) is 0 Å². The minimum Gasteiger partial charge on any atom is -0.295 e. The van der Waals surface area contributed by atoms with Crippen LogP contribution >= 0.6 is 0 Å². The van der Waals surface area contributed by atoms with Crippen LogP contribution in [0.1, 0.15) is 20.3 Å². The Balaban J connectivity index is 3.39. The Morgan fingerprint density at radius 2 is 2.12 bits per heavy atom. The van der Waals surface area contributed by atoms with Crippen molar-refractivity contribution in [3.05, 3.63) is 0 Å². The van der Waals surface area contributed by atoms with Crippen molar-refractivity contribution in [2.45, 2.75) is 20.3 Å². The maximum Gasteiger partial charge on any atom is 0.195 e. The fraction of sp³-hybridized carbons (Fsp3) is 0.667. The lowest BCUT2D eigenvalue weighted by Gasteiger charge is -1.94. The first-order valence-electron chi connectivity index (χ1n) is 2.65. The molecule has 0 bridgehead atoms. The summed E-state index contributed by atoms with van der Waals surface area (Å²) < 4.78 is 0. The highest BCUT2D eigenvalue weighted by molar-refractivity contribution is 6.24. The summed E-state index contributed by atoms with van der Waals surface area (Å²) in [5.74, 6) is -0.00676. The molecule has 0 unspecified atom stereocenters. The molecule has 0 aromatic rings. The minimum atomic E-state index is -0.306. The average Bonchev–Trinajstić information content (AvgIpc) is 1.65. The second-order valence-electron chi connectivity index (χ2n) is 2.18. The van der Waals surface area contributed by atoms with Gasteiger partial charge in [-0.25, -0.2) is 0 Å². The fourth-order valence-corrected chi connectivity index (χ4v) is 0.450. The second-order valence-corrected chi connectivity index (χ2v) is 2.18. The van der Waals surface area contributed by atoms with Crippen LogP contribution < -0.4 is 0 Å². The molecule has 0 aromatic heterocycles. The topological polar surface area (TPSA) is 34.1 Å². The number of Topliss-reactive ketones (excluding diaryl/α,β-unsaturated/α-hetero) is 1. The molecule has 2 heteroatoms. The van der Waals surface area contributed by atoms with E-state index in [1.807, 2.05) is 13.8 Å². The monoisotopic (exact) mass is 114 g/mol. The molecule has 0 saturated heterocycles. The third kappa shape index (κ3) is 3.53. The fourth-order valence-electron chi connectivity index (χ4n) is 0.450. The Kier molecular flexibility index (Phi) is 3.08. The van der Waals surface area contributed by atoms with Crippen LogP contribution in [0, 0.1) is 5.92 Å². The summed E-state index contributed by atoms with van der Waals surface area (Å²) >= 11 is 0. The number of hydrogen-bond acceptors (Lipinski definition) is 2. The molecule has 0 aliphatic heterocycles. The predicted octanol–water partition coefficient (Wildman–Crippen LogP) is 0.800. The molecule has 0 rings (SSSR count). The zero-order valence-electron chi connectivity index (χ0n) is 5.18. The van der Waals surface area contributed by atoms with Gasteiger partial charge >= 0.3 is 0 Å². The van der Waals surface area contributed by atoms with Crippen LogP contribution in [0.3, 0.4) is 0 Å². The van der Waals surface area contributed by atoms with Gasteiger partial charge < -0.3 is 0 Å². The SMILES string of the molecule is CC(C)CC(=O)C=O. The Morgan fingerprint density at radius 1 is 1.62 bits per heavy atom. The minimum absolute atomic E-state index is 0.299. The van der Waals surface area contributed by atoms with Gasteiger partial charge in [0.05, 0.1) is 0 Å². The van der Waals surface area contributed by atoms with Crippen LogP contribution in [0.15, 0.2) is 0 Å². The van der Waals surface area contributed by atoms with E-state index in [-0.39, 0.29) is 5.78 Å². The van der Waals surface area contributed by atoms with Crippen LogP contribution in [-0.4, -0.2) is 12.1 Å². The number of ketones is 1. The normalized spacial score (nSPS) is 9.38. The van der Waals surface area contributed by atoms with Gasteiger partial charge in [-0.2, -0.15) is 0 Å². The highest BCUT2D eigenvalue weighted by Gasteiger charge is 2.00. The van der Waals surface area contributed by atoms with Crippen molar-refractivity contribution >= 4 is 12.1 Å². The lowest BCUT2D eigenvalue weighted by atomic mass is 10.1. The summed E-state index contributed by atoms with van der Waals surface area (Å²) in [6, 6.07) is 0. The largest absolute Gasteiger partial charge is 0.295 e. The molecule has 46 valence electrons. The standard InChI is InChI=1S/C6H10O2/c1-5(2)3-6(8)4-7/h4-5H,3H2,1-2H3. The van der Waals surface area contributed by atoms with Gasteiger partial charge in [0.15, 0.2) is 12.1 Å². The van der Waals surface area contributed by atoms with Gasteiger partial charge in [0, 0.05) is 6.42 Å². The Hall–Kier alpha value is -0.660. The van der Waals surface area contributed by atoms with E-state index in [4.69, 9.17) is 0 Å². The lowest BCUT2D eigenvalue weighted by Crippen LogP contribution is -2.02. The summed E-state index contributed by atoms with van der Waals surface area (Å²) in [5.41, 5.74) is 0. The van der Waals surface area contributed by atoms with Crippen molar-refractivity contribution in [2.75, 3.05) is 0 Å². The van der Waals surface area contributed by atoms with E-state index >= 15 is 0 Å². The quantitative estimate of drug-likeness (QED) is 0.401. The van der Waals surface area contributed by atoms with Gasteiger partial charge in [-0.15, -0.1) is 0 Å². The van der Waals surface area contributed by atoms with Crippen molar-refractivity contribution in [2.24, 2.45) is 5.92 Å². The summed E-state index contributed by atoms with van der Waals surface area (Å²) in [5, 5.41) is 0. The summed E-state index contributed by atoms with van der Waals surface area (Å²) in [4.78, 5) is 19.9. The Bertz CT molecular complexity index is 94.7. The number of carbonyl (C=O) groups excluding carboxylic acids is 2. The molecule has 0 atom stereocenters. The second kappa shape index (κ2) is 3.36. The first kappa shape index (κ1) is 7.34. The highest BCUT2D eigenvalue weighted by atomic mass is 16.2. The van der Waals surface area contributed by atoms with Crippen LogP contribution in [0.4, 0.5) is 0 Å². The van der Waals surface area contributed by atoms with Gasteiger partial charge in [-0.05, 0) is 5.92 Å². The zero-order valence-corrected chi connectivity index (χ0v) is 5.18. The molecule has 0 amide bonds. The molecule has 0 fully saturated rings. The van der Waals surface area contributed by atoms with Crippen molar-refractivity contribution in [1.29, 1.82) is 0 Å². The summed E-state index contributed by atoms with van der Waals surface area (Å²) in [6.45, 7) is 3.81. The highest BCUT2D eigenvalue weighted by Crippen LogP contribution is 1.97. The molecule has 0 heterocycles. The Morgan fingerprint density at radius 3 is 2.25 bits per heavy atom. The van der Waals surface area contributed by atoms with Crippen LogP contribution in [0.2, 0.25) is 0 Å². The smallest absolute Gasteiger partial charge is 0.195 e. The van der Waals surface area contributed by atoms with Gasteiger partial charge in [0.2, 0.25) is 0 Å². The van der Waals surface area contributed by atoms with Crippen molar-refractivity contribution in [3.63, 3.8) is 0 Å². The van der Waals surface area contributed by atoms with Gasteiger partial charge in [-0.1, -0.05) is 13.8 Å². The molecule has 8 heavy (non-hydrogen) atoms. The van der Waals surface area contributed by atoms with Crippen LogP contribution in [-0.2, 0) is 9.59 Å². The van der Waals surface area contributed by atoms with Gasteiger partial charge in [-0.3, -0.25) is 9.59 Å². The molecular weight excluding hydrogens is 104 g/mol. The van der Waals surface area contributed by atoms with E-state index in [2.05, 4.69) is 0 Å². The van der Waals surface area contributed by atoms with Crippen molar-refractivity contribution in [1.82, 2.24) is 0 Å². The predicted molar refractivity (Wildman–Crippen MR) is 30.5 cm³/mol. The number of rotatable bonds is 3. The third-order valence-corrected chi connectivity index (χ3v) is 0.741. The molecule has 0 aliphatic rings. The Labute approximate surface area is 48.9 Å². The first-order chi connectivity index (χ1) is 3.66. The molecule has 0 aliphatic carbocycles. The summed E-state index contributed by atoms with van der Waals surface area (Å²) in [7, 11) is 0. The molecule has 0 spiro atoms. The van der Waals surface area contributed by atoms with E-state index in [1.165, 1.54) is 0 Å². The molecule has 2 nitrogen and oxygen atoms in total. The number of aldehydes is 1. The van der Waals surface area contributed by atoms with E-state index in [1.54, 1.807) is 0 Å². The summed E-state index contributed by atoms with van der Waals surface area (Å²) in [6.07, 6.45) is 0.753. The van der Waals surface area contributed by atoms with Crippen LogP contribution in [0.5, 0.6) is 0 Å². The first-order valence-corrected chi connectivity index (χ1v) is 2.65. The van der Waals surface area contributed by atoms with E-state index in [0.717, 1.165) is 0 Å². The molecule has 0 N–H and O–H groups in total. The molecule has 0 saturated carbocycles. The van der Waals surface area contributed by atoms with E-state index in [0.29, 0.717) is 18.6 Å². The molecule has 0 radical (unpaired) electrons. The zero-order chi connectivity index (χ0) is 6.57. The van der Waals surface area contributed by atoms with Crippen LogP contribution in [0.25, 0.3) is 0 Å². The average molecular weight is 114 g/mol. The maximum absolute atomic E-state index is 10.3. The lowest BCUT2D eigenvalue weighted by molar-refractivity contribution is -0.130. The third-order valence-electron chi connectivity index (χ3n) is 0.741. The maximum atomic E-state index is 10.3. The van der Waals surface area contributed by atoms with Gasteiger partial charge in [0.1, 0.15) is 0 Å². The van der Waals surface area contributed by atoms with E-state index in [9.17, 15) is 9.59 Å². The number of hydrogen-bond donors (Lipinski definition) is 0. The van der Waals surface area contributed by atoms with E-state index < -0.39 is 0 Å². The molecule has 0 aromatic carbocycles. The number of carbonyl (C=O) groups is 2. The van der Waals surface area contributed by atoms with Crippen molar-refractivity contribution in [3.8, 4) is 0 Å². The molecular formula is C6H10O2.